The number of hydrogen-bond acceptors (Lipinski definition) is 2. The molecule has 102 valence electrons. The molecule has 3 rings (SSSR count). The maximum absolute atomic E-state index is 4.83. The number of imidazole rings is 1. The number of nitrogens with zero attached hydrogens (tertiary/aromatic N) is 1. The van der Waals surface area contributed by atoms with Crippen molar-refractivity contribution in [2.24, 2.45) is 0 Å². The SMILES string of the molecule is CC(C)c1cccc2[nH]c(CC3CCCCN3)nc12. The van der Waals surface area contributed by atoms with E-state index < -0.39 is 0 Å². The van der Waals surface area contributed by atoms with Gasteiger partial charge in [-0.2, -0.15) is 0 Å². The van der Waals surface area contributed by atoms with Crippen LogP contribution in [0.25, 0.3) is 11.0 Å². The Morgan fingerprint density at radius 1 is 1.32 bits per heavy atom. The number of aromatic nitrogens is 2. The first-order chi connectivity index (χ1) is 9.24. The number of rotatable bonds is 3. The molecule has 1 aliphatic heterocycles. The predicted molar refractivity (Wildman–Crippen MR) is 79.5 cm³/mol. The smallest absolute Gasteiger partial charge is 0.108 e. The summed E-state index contributed by atoms with van der Waals surface area (Å²) in [4.78, 5) is 8.32. The van der Waals surface area contributed by atoms with Crippen molar-refractivity contribution in [2.45, 2.75) is 51.5 Å². The molecule has 3 nitrogen and oxygen atoms in total. The van der Waals surface area contributed by atoms with Crippen LogP contribution in [0.3, 0.4) is 0 Å². The van der Waals surface area contributed by atoms with Gasteiger partial charge in [-0.05, 0) is 36.9 Å². The lowest BCUT2D eigenvalue weighted by atomic mass is 10.0. The van der Waals surface area contributed by atoms with Crippen molar-refractivity contribution in [3.05, 3.63) is 29.6 Å². The molecule has 0 saturated carbocycles. The van der Waals surface area contributed by atoms with Gasteiger partial charge in [0.1, 0.15) is 5.82 Å². The van der Waals surface area contributed by atoms with E-state index >= 15 is 0 Å². The van der Waals surface area contributed by atoms with Crippen LogP contribution >= 0.6 is 0 Å². The lowest BCUT2D eigenvalue weighted by molar-refractivity contribution is 0.395. The van der Waals surface area contributed by atoms with E-state index in [-0.39, 0.29) is 0 Å². The molecule has 2 aromatic rings. The largest absolute Gasteiger partial charge is 0.342 e. The Kier molecular flexibility index (Phi) is 3.56. The highest BCUT2D eigenvalue weighted by Crippen LogP contribution is 2.24. The van der Waals surface area contributed by atoms with E-state index in [0.717, 1.165) is 24.3 Å². The minimum atomic E-state index is 0.521. The van der Waals surface area contributed by atoms with Crippen molar-refractivity contribution < 1.29 is 0 Å². The lowest BCUT2D eigenvalue weighted by Crippen LogP contribution is -2.35. The first kappa shape index (κ1) is 12.7. The van der Waals surface area contributed by atoms with Crippen LogP contribution in [0.5, 0.6) is 0 Å². The van der Waals surface area contributed by atoms with Crippen molar-refractivity contribution in [1.82, 2.24) is 15.3 Å². The zero-order chi connectivity index (χ0) is 13.2. The van der Waals surface area contributed by atoms with Crippen molar-refractivity contribution in [3.8, 4) is 0 Å². The van der Waals surface area contributed by atoms with Crippen LogP contribution in [0.15, 0.2) is 18.2 Å². The molecular formula is C16H23N3. The van der Waals surface area contributed by atoms with Gasteiger partial charge in [-0.15, -0.1) is 0 Å². The topological polar surface area (TPSA) is 40.7 Å². The van der Waals surface area contributed by atoms with Gasteiger partial charge < -0.3 is 10.3 Å². The van der Waals surface area contributed by atoms with Crippen LogP contribution in [0.4, 0.5) is 0 Å². The van der Waals surface area contributed by atoms with Crippen LogP contribution in [0, 0.1) is 0 Å². The summed E-state index contributed by atoms with van der Waals surface area (Å²) in [6, 6.07) is 7.04. The second kappa shape index (κ2) is 5.33. The van der Waals surface area contributed by atoms with E-state index in [1.165, 1.54) is 30.3 Å². The van der Waals surface area contributed by atoms with Gasteiger partial charge in [0.2, 0.25) is 0 Å². The fraction of sp³-hybridized carbons (Fsp3) is 0.562. The Hall–Kier alpha value is -1.35. The predicted octanol–water partition coefficient (Wildman–Crippen LogP) is 3.37. The van der Waals surface area contributed by atoms with E-state index in [1.54, 1.807) is 0 Å². The van der Waals surface area contributed by atoms with E-state index in [0.29, 0.717) is 12.0 Å². The van der Waals surface area contributed by atoms with Gasteiger partial charge in [-0.25, -0.2) is 4.98 Å². The number of aromatic amines is 1. The molecule has 0 spiro atoms. The van der Waals surface area contributed by atoms with E-state index in [4.69, 9.17) is 4.98 Å². The van der Waals surface area contributed by atoms with Crippen LogP contribution in [0.1, 0.15) is 50.4 Å². The highest BCUT2D eigenvalue weighted by atomic mass is 15.0. The normalized spacial score (nSPS) is 20.3. The summed E-state index contributed by atoms with van der Waals surface area (Å²) in [5.74, 6) is 1.65. The third-order valence-electron chi connectivity index (χ3n) is 4.07. The van der Waals surface area contributed by atoms with Crippen LogP contribution in [-0.4, -0.2) is 22.6 Å². The molecule has 2 N–H and O–H groups in total. The molecule has 1 fully saturated rings. The van der Waals surface area contributed by atoms with Crippen LogP contribution in [0.2, 0.25) is 0 Å². The Morgan fingerprint density at radius 2 is 2.21 bits per heavy atom. The van der Waals surface area contributed by atoms with Crippen molar-refractivity contribution >= 4 is 11.0 Å². The second-order valence-electron chi connectivity index (χ2n) is 5.93. The lowest BCUT2D eigenvalue weighted by Gasteiger charge is -2.22. The second-order valence-corrected chi connectivity index (χ2v) is 5.93. The van der Waals surface area contributed by atoms with Gasteiger partial charge in [-0.3, -0.25) is 0 Å². The molecule has 0 radical (unpaired) electrons. The number of piperidine rings is 1. The zero-order valence-electron chi connectivity index (χ0n) is 11.9. The average molecular weight is 257 g/mol. The summed E-state index contributed by atoms with van der Waals surface area (Å²) in [6.07, 6.45) is 4.95. The van der Waals surface area contributed by atoms with Crippen LogP contribution < -0.4 is 5.32 Å². The molecule has 1 aromatic heterocycles. The van der Waals surface area contributed by atoms with E-state index in [9.17, 15) is 0 Å². The zero-order valence-corrected chi connectivity index (χ0v) is 11.9. The van der Waals surface area contributed by atoms with Crippen molar-refractivity contribution in [3.63, 3.8) is 0 Å². The molecule has 19 heavy (non-hydrogen) atoms. The summed E-state index contributed by atoms with van der Waals surface area (Å²) in [5.41, 5.74) is 3.68. The fourth-order valence-electron chi connectivity index (χ4n) is 3.00. The number of nitrogens with one attached hydrogen (secondary N) is 2. The Labute approximate surface area is 114 Å². The third-order valence-corrected chi connectivity index (χ3v) is 4.07. The maximum Gasteiger partial charge on any atom is 0.108 e. The number of hydrogen-bond donors (Lipinski definition) is 2. The number of benzene rings is 1. The minimum absolute atomic E-state index is 0.521. The van der Waals surface area contributed by atoms with Crippen molar-refractivity contribution in [1.29, 1.82) is 0 Å². The van der Waals surface area contributed by atoms with Gasteiger partial charge in [0, 0.05) is 12.5 Å². The van der Waals surface area contributed by atoms with Gasteiger partial charge in [0.15, 0.2) is 0 Å². The molecular weight excluding hydrogens is 234 g/mol. The molecule has 1 aliphatic rings. The number of H-pyrrole nitrogens is 1. The Bertz CT molecular complexity index is 550. The Balaban J connectivity index is 1.86. The van der Waals surface area contributed by atoms with E-state index in [2.05, 4.69) is 42.3 Å². The molecule has 0 amide bonds. The van der Waals surface area contributed by atoms with Crippen molar-refractivity contribution in [2.75, 3.05) is 6.54 Å². The van der Waals surface area contributed by atoms with E-state index in [1.807, 2.05) is 0 Å². The molecule has 0 aliphatic carbocycles. The summed E-state index contributed by atoms with van der Waals surface area (Å²) < 4.78 is 0. The summed E-state index contributed by atoms with van der Waals surface area (Å²) >= 11 is 0. The van der Waals surface area contributed by atoms with Gasteiger partial charge in [-0.1, -0.05) is 32.4 Å². The number of fused-ring (bicyclic) bond motifs is 1. The standard InChI is InChI=1S/C16H23N3/c1-11(2)13-7-5-8-14-16(13)19-15(18-14)10-12-6-3-4-9-17-12/h5,7-8,11-12,17H,3-4,6,9-10H2,1-2H3,(H,18,19). The van der Waals surface area contributed by atoms with Gasteiger partial charge >= 0.3 is 0 Å². The first-order valence-corrected chi connectivity index (χ1v) is 7.45. The highest BCUT2D eigenvalue weighted by molar-refractivity contribution is 5.79. The summed E-state index contributed by atoms with van der Waals surface area (Å²) in [5, 5.41) is 3.59. The Morgan fingerprint density at radius 3 is 2.95 bits per heavy atom. The van der Waals surface area contributed by atoms with Crippen LogP contribution in [-0.2, 0) is 6.42 Å². The monoisotopic (exact) mass is 257 g/mol. The van der Waals surface area contributed by atoms with Gasteiger partial charge in [0.05, 0.1) is 11.0 Å². The maximum atomic E-state index is 4.83. The van der Waals surface area contributed by atoms with Gasteiger partial charge in [0.25, 0.3) is 0 Å². The molecule has 2 heterocycles. The summed E-state index contributed by atoms with van der Waals surface area (Å²) in [7, 11) is 0. The molecule has 1 aromatic carbocycles. The number of para-hydroxylation sites is 1. The molecule has 1 unspecified atom stereocenters. The molecule has 3 heteroatoms. The first-order valence-electron chi connectivity index (χ1n) is 7.45. The molecule has 1 atom stereocenters. The molecule has 1 saturated heterocycles. The fourth-order valence-corrected chi connectivity index (χ4v) is 3.00. The minimum Gasteiger partial charge on any atom is -0.342 e. The summed E-state index contributed by atoms with van der Waals surface area (Å²) in [6.45, 7) is 5.61. The molecule has 0 bridgehead atoms. The highest BCUT2D eigenvalue weighted by Gasteiger charge is 2.16. The average Bonchev–Trinajstić information content (AvgIpc) is 2.81. The third kappa shape index (κ3) is 2.66. The quantitative estimate of drug-likeness (QED) is 0.885.